The van der Waals surface area contributed by atoms with E-state index in [2.05, 4.69) is 5.32 Å². The Hall–Kier alpha value is -1.92. The summed E-state index contributed by atoms with van der Waals surface area (Å²) in [5.74, 6) is -0.916. The van der Waals surface area contributed by atoms with Gasteiger partial charge in [0, 0.05) is 32.5 Å². The minimum absolute atomic E-state index is 0.146. The van der Waals surface area contributed by atoms with E-state index in [0.29, 0.717) is 45.7 Å². The quantitative estimate of drug-likeness (QED) is 0.834. The second-order valence-corrected chi connectivity index (χ2v) is 7.63. The smallest absolute Gasteiger partial charge is 0.237 e. The maximum Gasteiger partial charge on any atom is 0.237 e. The van der Waals surface area contributed by atoms with Gasteiger partial charge in [0.2, 0.25) is 11.8 Å². The fraction of sp³-hybridized carbons (Fsp3) is 0.600. The summed E-state index contributed by atoms with van der Waals surface area (Å²) in [4.78, 5) is 27.4. The Morgan fingerprint density at radius 2 is 1.77 bits per heavy atom. The van der Waals surface area contributed by atoms with Crippen molar-refractivity contribution in [3.05, 3.63) is 35.4 Å². The third kappa shape index (κ3) is 3.76. The largest absolute Gasteiger partial charge is 0.351 e. The number of hydrogen-bond donors (Lipinski definition) is 1. The zero-order valence-corrected chi connectivity index (χ0v) is 15.8. The van der Waals surface area contributed by atoms with Crippen LogP contribution in [0.4, 0.5) is 0 Å². The average molecular weight is 360 g/mol. The van der Waals surface area contributed by atoms with Crippen LogP contribution in [0.5, 0.6) is 0 Å². The molecule has 0 bridgehead atoms. The molecule has 2 amide bonds. The van der Waals surface area contributed by atoms with Crippen LogP contribution in [0.3, 0.4) is 0 Å². The van der Waals surface area contributed by atoms with Crippen LogP contribution in [0.25, 0.3) is 0 Å². The van der Waals surface area contributed by atoms with Crippen LogP contribution < -0.4 is 5.32 Å². The van der Waals surface area contributed by atoms with Gasteiger partial charge in [0.05, 0.1) is 13.2 Å². The molecule has 2 saturated heterocycles. The highest BCUT2D eigenvalue weighted by Gasteiger charge is 2.45. The highest BCUT2D eigenvalue weighted by atomic mass is 16.7. The number of likely N-dealkylation sites (tertiary alicyclic amines) is 1. The highest BCUT2D eigenvalue weighted by molar-refractivity contribution is 6.04. The van der Waals surface area contributed by atoms with Gasteiger partial charge in [-0.1, -0.05) is 24.3 Å². The van der Waals surface area contributed by atoms with Gasteiger partial charge in [0.15, 0.2) is 5.79 Å². The minimum Gasteiger partial charge on any atom is -0.351 e. The molecule has 1 aromatic carbocycles. The van der Waals surface area contributed by atoms with Crippen molar-refractivity contribution in [2.75, 3.05) is 26.3 Å². The lowest BCUT2D eigenvalue weighted by Crippen LogP contribution is -2.54. The number of amides is 2. The number of aryl methyl sites for hydroxylation is 1. The van der Waals surface area contributed by atoms with Crippen molar-refractivity contribution in [3.8, 4) is 0 Å². The summed E-state index contributed by atoms with van der Waals surface area (Å²) in [5.41, 5.74) is 1.07. The van der Waals surface area contributed by atoms with Gasteiger partial charge < -0.3 is 19.7 Å². The molecule has 6 nitrogen and oxygen atoms in total. The van der Waals surface area contributed by atoms with E-state index >= 15 is 0 Å². The number of carbonyl (C=O) groups is 2. The molecule has 1 N–H and O–H groups in total. The average Bonchev–Trinajstić information content (AvgIpc) is 3.09. The molecular formula is C20H28N2O4. The molecule has 0 saturated carbocycles. The number of piperidine rings is 1. The molecule has 3 rings (SSSR count). The Bertz CT molecular complexity index is 670. The number of nitrogens with one attached hydrogen (secondary N) is 1. The highest BCUT2D eigenvalue weighted by Crippen LogP contribution is 2.33. The van der Waals surface area contributed by atoms with E-state index in [1.807, 2.05) is 31.2 Å². The van der Waals surface area contributed by atoms with E-state index in [1.165, 1.54) is 0 Å². The normalized spacial score (nSPS) is 19.6. The van der Waals surface area contributed by atoms with Crippen molar-refractivity contribution in [1.82, 2.24) is 10.2 Å². The van der Waals surface area contributed by atoms with Gasteiger partial charge in [-0.25, -0.2) is 0 Å². The van der Waals surface area contributed by atoms with E-state index in [4.69, 9.17) is 9.47 Å². The number of hydrogen-bond acceptors (Lipinski definition) is 4. The first-order chi connectivity index (χ1) is 12.3. The monoisotopic (exact) mass is 360 g/mol. The Labute approximate surface area is 154 Å². The first-order valence-electron chi connectivity index (χ1n) is 9.24. The van der Waals surface area contributed by atoms with Gasteiger partial charge in [-0.2, -0.15) is 0 Å². The molecule has 0 aliphatic carbocycles. The third-order valence-corrected chi connectivity index (χ3v) is 5.43. The number of nitrogens with zero attached hydrogens (tertiary/aromatic N) is 1. The van der Waals surface area contributed by atoms with E-state index in [1.54, 1.807) is 18.7 Å². The SMILES string of the molecule is Cc1ccccc1CNC(=O)C(C)(C)C(=O)N1CCC2(CC1)OCCO2. The van der Waals surface area contributed by atoms with E-state index in [9.17, 15) is 9.59 Å². The summed E-state index contributed by atoms with van der Waals surface area (Å²) >= 11 is 0. The summed E-state index contributed by atoms with van der Waals surface area (Å²) < 4.78 is 11.4. The number of ether oxygens (including phenoxy) is 2. The van der Waals surface area contributed by atoms with E-state index in [-0.39, 0.29) is 11.8 Å². The first-order valence-corrected chi connectivity index (χ1v) is 9.24. The van der Waals surface area contributed by atoms with Crippen molar-refractivity contribution >= 4 is 11.8 Å². The summed E-state index contributed by atoms with van der Waals surface area (Å²) in [7, 11) is 0. The Morgan fingerprint density at radius 1 is 1.15 bits per heavy atom. The lowest BCUT2D eigenvalue weighted by Gasteiger charge is -2.40. The van der Waals surface area contributed by atoms with Crippen LogP contribution in [0, 0.1) is 12.3 Å². The minimum atomic E-state index is -1.11. The van der Waals surface area contributed by atoms with Gasteiger partial charge >= 0.3 is 0 Å². The molecule has 2 aliphatic rings. The van der Waals surface area contributed by atoms with Crippen LogP contribution in [0.15, 0.2) is 24.3 Å². The zero-order valence-electron chi connectivity index (χ0n) is 15.8. The molecule has 1 spiro atoms. The van der Waals surface area contributed by atoms with Crippen molar-refractivity contribution in [2.24, 2.45) is 5.41 Å². The molecule has 6 heteroatoms. The van der Waals surface area contributed by atoms with Gasteiger partial charge in [0.1, 0.15) is 5.41 Å². The van der Waals surface area contributed by atoms with Crippen molar-refractivity contribution in [1.29, 1.82) is 0 Å². The summed E-state index contributed by atoms with van der Waals surface area (Å²) in [5, 5.41) is 2.91. The molecule has 2 aliphatic heterocycles. The molecule has 26 heavy (non-hydrogen) atoms. The second kappa shape index (κ2) is 7.37. The fourth-order valence-electron chi connectivity index (χ4n) is 3.53. The molecule has 2 fully saturated rings. The van der Waals surface area contributed by atoms with Crippen LogP contribution in [-0.4, -0.2) is 48.8 Å². The van der Waals surface area contributed by atoms with Gasteiger partial charge in [-0.15, -0.1) is 0 Å². The fourth-order valence-corrected chi connectivity index (χ4v) is 3.53. The lowest BCUT2D eigenvalue weighted by molar-refractivity contribution is -0.189. The van der Waals surface area contributed by atoms with Crippen molar-refractivity contribution in [2.45, 2.75) is 45.9 Å². The lowest BCUT2D eigenvalue weighted by atomic mass is 9.88. The maximum atomic E-state index is 12.9. The Morgan fingerprint density at radius 3 is 2.38 bits per heavy atom. The van der Waals surface area contributed by atoms with E-state index in [0.717, 1.165) is 11.1 Å². The Balaban J connectivity index is 1.57. The van der Waals surface area contributed by atoms with Crippen molar-refractivity contribution < 1.29 is 19.1 Å². The number of benzene rings is 1. The number of rotatable bonds is 4. The molecule has 0 radical (unpaired) electrons. The zero-order chi connectivity index (χ0) is 18.8. The Kier molecular flexibility index (Phi) is 5.34. The summed E-state index contributed by atoms with van der Waals surface area (Å²) in [6.07, 6.45) is 1.30. The molecule has 0 aromatic heterocycles. The topological polar surface area (TPSA) is 67.9 Å². The second-order valence-electron chi connectivity index (χ2n) is 7.63. The van der Waals surface area contributed by atoms with Gasteiger partial charge in [-0.3, -0.25) is 9.59 Å². The standard InChI is InChI=1S/C20H28N2O4/c1-15-6-4-5-7-16(15)14-21-17(23)19(2,3)18(24)22-10-8-20(9-11-22)25-12-13-26-20/h4-7H,8-14H2,1-3H3,(H,21,23). The summed E-state index contributed by atoms with van der Waals surface area (Å²) in [6.45, 7) is 8.13. The van der Waals surface area contributed by atoms with Crippen LogP contribution in [-0.2, 0) is 25.6 Å². The molecule has 142 valence electrons. The van der Waals surface area contributed by atoms with Crippen LogP contribution in [0.2, 0.25) is 0 Å². The maximum absolute atomic E-state index is 12.9. The summed E-state index contributed by atoms with van der Waals surface area (Å²) in [6, 6.07) is 7.90. The van der Waals surface area contributed by atoms with Crippen LogP contribution >= 0.6 is 0 Å². The third-order valence-electron chi connectivity index (χ3n) is 5.43. The predicted octanol–water partition coefficient (Wildman–Crippen LogP) is 2.00. The van der Waals surface area contributed by atoms with Crippen LogP contribution in [0.1, 0.15) is 37.8 Å². The first kappa shape index (κ1) is 18.9. The molecule has 2 heterocycles. The van der Waals surface area contributed by atoms with E-state index < -0.39 is 11.2 Å². The van der Waals surface area contributed by atoms with Crippen molar-refractivity contribution in [3.63, 3.8) is 0 Å². The molecule has 1 aromatic rings. The number of carbonyl (C=O) groups excluding carboxylic acids is 2. The molecule has 0 unspecified atom stereocenters. The molecule has 0 atom stereocenters. The van der Waals surface area contributed by atoms with Gasteiger partial charge in [-0.05, 0) is 31.9 Å². The van der Waals surface area contributed by atoms with Gasteiger partial charge in [0.25, 0.3) is 0 Å². The molecular weight excluding hydrogens is 332 g/mol. The predicted molar refractivity (Wildman–Crippen MR) is 97.3 cm³/mol.